The van der Waals surface area contributed by atoms with E-state index in [4.69, 9.17) is 0 Å². The van der Waals surface area contributed by atoms with E-state index in [-0.39, 0.29) is 17.7 Å². The minimum Gasteiger partial charge on any atom is -0.307 e. The van der Waals surface area contributed by atoms with Gasteiger partial charge in [0.15, 0.2) is 0 Å². The van der Waals surface area contributed by atoms with E-state index in [1.54, 1.807) is 0 Å². The average Bonchev–Trinajstić information content (AvgIpc) is 2.49. The molecular weight excluding hydrogens is 270 g/mol. The lowest BCUT2D eigenvalue weighted by Gasteiger charge is -2.35. The summed E-state index contributed by atoms with van der Waals surface area (Å²) in [5.74, 6) is -0.125. The quantitative estimate of drug-likeness (QED) is 0.890. The van der Waals surface area contributed by atoms with Crippen LogP contribution in [0.25, 0.3) is 0 Å². The van der Waals surface area contributed by atoms with Crippen molar-refractivity contribution in [2.45, 2.75) is 45.7 Å². The van der Waals surface area contributed by atoms with Crippen LogP contribution < -0.4 is 5.32 Å². The van der Waals surface area contributed by atoms with Crippen molar-refractivity contribution in [3.63, 3.8) is 0 Å². The van der Waals surface area contributed by atoms with Crippen LogP contribution >= 0.6 is 0 Å². The SMILES string of the molecule is CCN1CCC(C(C)NC(C)c2cc(F)ccc2F)CC1. The molecule has 2 nitrogen and oxygen atoms in total. The van der Waals surface area contributed by atoms with Crippen LogP contribution in [0.5, 0.6) is 0 Å². The number of rotatable bonds is 5. The van der Waals surface area contributed by atoms with Gasteiger partial charge in [-0.1, -0.05) is 6.92 Å². The molecule has 1 N–H and O–H groups in total. The highest BCUT2D eigenvalue weighted by molar-refractivity contribution is 5.22. The van der Waals surface area contributed by atoms with Crippen molar-refractivity contribution < 1.29 is 8.78 Å². The van der Waals surface area contributed by atoms with E-state index in [2.05, 4.69) is 24.1 Å². The van der Waals surface area contributed by atoms with Gasteiger partial charge in [-0.25, -0.2) is 8.78 Å². The van der Waals surface area contributed by atoms with Gasteiger partial charge in [-0.05, 0) is 70.4 Å². The molecule has 0 bridgehead atoms. The molecular formula is C17H26F2N2. The van der Waals surface area contributed by atoms with Gasteiger partial charge in [-0.15, -0.1) is 0 Å². The molecule has 0 radical (unpaired) electrons. The number of halogens is 2. The summed E-state index contributed by atoms with van der Waals surface area (Å²) in [6, 6.07) is 3.78. The first kappa shape index (κ1) is 16.4. The van der Waals surface area contributed by atoms with Crippen LogP contribution in [0.3, 0.4) is 0 Å². The number of likely N-dealkylation sites (tertiary alicyclic amines) is 1. The van der Waals surface area contributed by atoms with Crippen molar-refractivity contribution in [3.05, 3.63) is 35.4 Å². The van der Waals surface area contributed by atoms with Crippen LogP contribution in [0.1, 0.15) is 45.2 Å². The predicted molar refractivity (Wildman–Crippen MR) is 82.2 cm³/mol. The number of hydrogen-bond donors (Lipinski definition) is 1. The Kier molecular flexibility index (Phi) is 5.71. The molecule has 0 spiro atoms. The lowest BCUT2D eigenvalue weighted by molar-refractivity contribution is 0.165. The molecule has 0 aromatic heterocycles. The Bertz CT molecular complexity index is 456. The van der Waals surface area contributed by atoms with E-state index in [0.29, 0.717) is 17.5 Å². The summed E-state index contributed by atoms with van der Waals surface area (Å²) in [4.78, 5) is 2.46. The molecule has 2 unspecified atom stereocenters. The van der Waals surface area contributed by atoms with E-state index < -0.39 is 0 Å². The van der Waals surface area contributed by atoms with Crippen LogP contribution in [0, 0.1) is 17.6 Å². The van der Waals surface area contributed by atoms with Gasteiger partial charge >= 0.3 is 0 Å². The molecule has 21 heavy (non-hydrogen) atoms. The van der Waals surface area contributed by atoms with Crippen LogP contribution in [0.2, 0.25) is 0 Å². The van der Waals surface area contributed by atoms with E-state index in [1.165, 1.54) is 25.0 Å². The van der Waals surface area contributed by atoms with Gasteiger partial charge in [0.25, 0.3) is 0 Å². The largest absolute Gasteiger partial charge is 0.307 e. The van der Waals surface area contributed by atoms with E-state index in [1.807, 2.05) is 6.92 Å². The third-order valence-corrected chi connectivity index (χ3v) is 4.72. The zero-order valence-electron chi connectivity index (χ0n) is 13.2. The van der Waals surface area contributed by atoms with Crippen LogP contribution in [-0.2, 0) is 0 Å². The maximum Gasteiger partial charge on any atom is 0.128 e. The van der Waals surface area contributed by atoms with E-state index in [9.17, 15) is 8.78 Å². The second-order valence-corrected chi connectivity index (χ2v) is 6.11. The summed E-state index contributed by atoms with van der Waals surface area (Å²) in [6.07, 6.45) is 2.33. The summed E-state index contributed by atoms with van der Waals surface area (Å²) in [5.41, 5.74) is 0.410. The molecule has 1 aromatic rings. The molecule has 0 amide bonds. The van der Waals surface area contributed by atoms with Gasteiger partial charge in [-0.2, -0.15) is 0 Å². The Labute approximate surface area is 126 Å². The van der Waals surface area contributed by atoms with E-state index >= 15 is 0 Å². The van der Waals surface area contributed by atoms with Crippen molar-refractivity contribution in [1.82, 2.24) is 10.2 Å². The second kappa shape index (κ2) is 7.32. The van der Waals surface area contributed by atoms with Gasteiger partial charge in [-0.3, -0.25) is 0 Å². The van der Waals surface area contributed by atoms with Crippen molar-refractivity contribution in [2.75, 3.05) is 19.6 Å². The first-order chi connectivity index (χ1) is 10.0. The highest BCUT2D eigenvalue weighted by Crippen LogP contribution is 2.24. The molecule has 1 aromatic carbocycles. The Balaban J connectivity index is 1.93. The smallest absolute Gasteiger partial charge is 0.128 e. The number of hydrogen-bond acceptors (Lipinski definition) is 2. The third-order valence-electron chi connectivity index (χ3n) is 4.72. The minimum absolute atomic E-state index is 0.181. The van der Waals surface area contributed by atoms with Crippen LogP contribution in [-0.4, -0.2) is 30.6 Å². The first-order valence-corrected chi connectivity index (χ1v) is 7.94. The van der Waals surface area contributed by atoms with Gasteiger partial charge in [0.05, 0.1) is 0 Å². The summed E-state index contributed by atoms with van der Waals surface area (Å²) >= 11 is 0. The summed E-state index contributed by atoms with van der Waals surface area (Å²) in [6.45, 7) is 9.62. The maximum absolute atomic E-state index is 13.8. The molecule has 4 heteroatoms. The molecule has 1 saturated heterocycles. The zero-order chi connectivity index (χ0) is 15.4. The molecule has 2 atom stereocenters. The standard InChI is InChI=1S/C17H26F2N2/c1-4-21-9-7-14(8-10-21)12(2)20-13(3)16-11-15(18)5-6-17(16)19/h5-6,11-14,20H,4,7-10H2,1-3H3. The summed E-state index contributed by atoms with van der Waals surface area (Å²) in [7, 11) is 0. The van der Waals surface area contributed by atoms with Crippen molar-refractivity contribution >= 4 is 0 Å². The number of nitrogens with one attached hydrogen (secondary N) is 1. The first-order valence-electron chi connectivity index (χ1n) is 7.94. The van der Waals surface area contributed by atoms with Crippen molar-refractivity contribution in [2.24, 2.45) is 5.92 Å². The predicted octanol–water partition coefficient (Wildman–Crippen LogP) is 3.74. The third kappa shape index (κ3) is 4.24. The lowest BCUT2D eigenvalue weighted by Crippen LogP contribution is -2.42. The Morgan fingerprint density at radius 3 is 2.52 bits per heavy atom. The van der Waals surface area contributed by atoms with E-state index in [0.717, 1.165) is 25.7 Å². The van der Waals surface area contributed by atoms with Gasteiger partial charge < -0.3 is 10.2 Å². The fourth-order valence-electron chi connectivity index (χ4n) is 3.24. The van der Waals surface area contributed by atoms with Crippen molar-refractivity contribution in [3.8, 4) is 0 Å². The molecule has 0 aliphatic carbocycles. The molecule has 1 aliphatic rings. The second-order valence-electron chi connectivity index (χ2n) is 6.11. The molecule has 118 valence electrons. The Morgan fingerprint density at radius 2 is 1.90 bits per heavy atom. The summed E-state index contributed by atoms with van der Waals surface area (Å²) < 4.78 is 27.1. The minimum atomic E-state index is -0.385. The fraction of sp³-hybridized carbons (Fsp3) is 0.647. The normalized spacial score (nSPS) is 20.4. The topological polar surface area (TPSA) is 15.3 Å². The fourth-order valence-corrected chi connectivity index (χ4v) is 3.24. The summed E-state index contributed by atoms with van der Waals surface area (Å²) in [5, 5.41) is 3.44. The van der Waals surface area contributed by atoms with Gasteiger partial charge in [0.2, 0.25) is 0 Å². The molecule has 1 aliphatic heterocycles. The monoisotopic (exact) mass is 296 g/mol. The molecule has 2 rings (SSSR count). The average molecular weight is 296 g/mol. The lowest BCUT2D eigenvalue weighted by atomic mass is 9.89. The number of benzene rings is 1. The zero-order valence-corrected chi connectivity index (χ0v) is 13.2. The number of piperidine rings is 1. The van der Waals surface area contributed by atoms with Gasteiger partial charge in [0.1, 0.15) is 11.6 Å². The molecule has 0 saturated carbocycles. The highest BCUT2D eigenvalue weighted by atomic mass is 19.1. The number of nitrogens with zero attached hydrogens (tertiary/aromatic N) is 1. The Morgan fingerprint density at radius 1 is 1.24 bits per heavy atom. The highest BCUT2D eigenvalue weighted by Gasteiger charge is 2.24. The van der Waals surface area contributed by atoms with Gasteiger partial charge in [0, 0.05) is 17.6 Å². The Hall–Kier alpha value is -1.00. The van der Waals surface area contributed by atoms with Crippen LogP contribution in [0.15, 0.2) is 18.2 Å². The molecule has 1 heterocycles. The van der Waals surface area contributed by atoms with Crippen molar-refractivity contribution in [1.29, 1.82) is 0 Å². The maximum atomic E-state index is 13.8. The van der Waals surface area contributed by atoms with Crippen LogP contribution in [0.4, 0.5) is 8.78 Å². The molecule has 1 fully saturated rings.